The first-order valence-corrected chi connectivity index (χ1v) is 6.22. The van der Waals surface area contributed by atoms with Gasteiger partial charge in [-0.05, 0) is 18.2 Å². The van der Waals surface area contributed by atoms with E-state index in [2.05, 4.69) is 9.47 Å². The van der Waals surface area contributed by atoms with Gasteiger partial charge in [0.1, 0.15) is 6.61 Å². The fraction of sp³-hybridized carbons (Fsp3) is 0.333. The molecular weight excluding hydrogens is 276 g/mol. The Morgan fingerprint density at radius 2 is 1.62 bits per heavy atom. The van der Waals surface area contributed by atoms with E-state index >= 15 is 0 Å². The Labute approximate surface area is 123 Å². The molecule has 0 saturated carbocycles. The molecule has 0 unspecified atom stereocenters. The maximum absolute atomic E-state index is 11.4. The molecule has 0 bridgehead atoms. The van der Waals surface area contributed by atoms with Crippen molar-refractivity contribution in [2.45, 2.75) is 0 Å². The van der Waals surface area contributed by atoms with Crippen molar-refractivity contribution in [1.29, 1.82) is 0 Å². The Bertz CT molecular complexity index is 493. The summed E-state index contributed by atoms with van der Waals surface area (Å²) in [5.74, 6) is -1.30. The summed E-state index contributed by atoms with van der Waals surface area (Å²) in [7, 11) is 3.96. The highest BCUT2D eigenvalue weighted by molar-refractivity contribution is 5.96. The summed E-state index contributed by atoms with van der Waals surface area (Å²) in [4.78, 5) is 22.9. The van der Waals surface area contributed by atoms with Gasteiger partial charge in [0.2, 0.25) is 0 Å². The number of para-hydroxylation sites is 2. The lowest BCUT2D eigenvalue weighted by Gasteiger charge is -2.09. The van der Waals surface area contributed by atoms with Crippen molar-refractivity contribution in [3.05, 3.63) is 36.4 Å². The van der Waals surface area contributed by atoms with Crippen molar-refractivity contribution in [3.63, 3.8) is 0 Å². The zero-order chi connectivity index (χ0) is 15.7. The van der Waals surface area contributed by atoms with E-state index in [1.54, 1.807) is 25.3 Å². The van der Waals surface area contributed by atoms with E-state index in [0.717, 1.165) is 0 Å². The van der Waals surface area contributed by atoms with Crippen LogP contribution >= 0.6 is 0 Å². The summed E-state index contributed by atoms with van der Waals surface area (Å²) in [6.45, 7) is 0.171. The van der Waals surface area contributed by atoms with Gasteiger partial charge in [0.05, 0.1) is 21.3 Å². The maximum Gasteiger partial charge on any atom is 0.323 e. The van der Waals surface area contributed by atoms with Gasteiger partial charge >= 0.3 is 11.9 Å². The van der Waals surface area contributed by atoms with Crippen LogP contribution in [0.5, 0.6) is 11.5 Å². The summed E-state index contributed by atoms with van der Waals surface area (Å²) in [5.41, 5.74) is 0. The summed E-state index contributed by atoms with van der Waals surface area (Å²) in [6, 6.07) is 7.16. The third-order valence-corrected chi connectivity index (χ3v) is 2.64. The molecule has 0 aliphatic carbocycles. The van der Waals surface area contributed by atoms with E-state index < -0.39 is 17.9 Å². The van der Waals surface area contributed by atoms with Crippen LogP contribution in [-0.4, -0.2) is 39.9 Å². The van der Waals surface area contributed by atoms with Crippen molar-refractivity contribution < 1.29 is 28.5 Å². The average molecular weight is 294 g/mol. The first-order chi connectivity index (χ1) is 10.1. The average Bonchev–Trinajstić information content (AvgIpc) is 2.53. The Kier molecular flexibility index (Phi) is 6.80. The monoisotopic (exact) mass is 294 g/mol. The van der Waals surface area contributed by atoms with Crippen molar-refractivity contribution in [2.24, 2.45) is 5.92 Å². The van der Waals surface area contributed by atoms with Crippen LogP contribution in [0, 0.1) is 5.92 Å². The second-order valence-electron chi connectivity index (χ2n) is 3.91. The van der Waals surface area contributed by atoms with Gasteiger partial charge in [-0.1, -0.05) is 18.2 Å². The Morgan fingerprint density at radius 3 is 2.14 bits per heavy atom. The number of rotatable bonds is 7. The quantitative estimate of drug-likeness (QED) is 0.432. The molecular formula is C15H18O6. The van der Waals surface area contributed by atoms with Crippen molar-refractivity contribution in [1.82, 2.24) is 0 Å². The van der Waals surface area contributed by atoms with E-state index in [1.807, 2.05) is 12.1 Å². The molecule has 114 valence electrons. The number of carbonyl (C=O) groups is 2. The number of benzene rings is 1. The molecule has 1 aromatic rings. The Morgan fingerprint density at radius 1 is 1.05 bits per heavy atom. The lowest BCUT2D eigenvalue weighted by Crippen LogP contribution is -2.24. The minimum absolute atomic E-state index is 0.171. The molecule has 6 heteroatoms. The molecule has 1 aromatic carbocycles. The molecule has 0 amide bonds. The second-order valence-corrected chi connectivity index (χ2v) is 3.91. The van der Waals surface area contributed by atoms with E-state index in [4.69, 9.17) is 9.47 Å². The van der Waals surface area contributed by atoms with Crippen LogP contribution in [0.3, 0.4) is 0 Å². The fourth-order valence-electron chi connectivity index (χ4n) is 1.57. The minimum Gasteiger partial charge on any atom is -0.493 e. The smallest absolute Gasteiger partial charge is 0.323 e. The predicted molar refractivity (Wildman–Crippen MR) is 75.2 cm³/mol. The highest BCUT2D eigenvalue weighted by Crippen LogP contribution is 2.25. The van der Waals surface area contributed by atoms with Gasteiger partial charge in [0, 0.05) is 0 Å². The van der Waals surface area contributed by atoms with E-state index in [9.17, 15) is 9.59 Å². The van der Waals surface area contributed by atoms with Crippen molar-refractivity contribution in [3.8, 4) is 11.5 Å². The lowest BCUT2D eigenvalue weighted by molar-refractivity contribution is -0.156. The normalized spacial score (nSPS) is 10.5. The van der Waals surface area contributed by atoms with Gasteiger partial charge in [0.25, 0.3) is 0 Å². The summed E-state index contributed by atoms with van der Waals surface area (Å²) in [6.07, 6.45) is 2.93. The zero-order valence-electron chi connectivity index (χ0n) is 12.2. The van der Waals surface area contributed by atoms with Crippen molar-refractivity contribution in [2.75, 3.05) is 27.9 Å². The molecule has 0 atom stereocenters. The number of hydrogen-bond donors (Lipinski definition) is 0. The number of methoxy groups -OCH3 is 3. The highest BCUT2D eigenvalue weighted by Gasteiger charge is 2.25. The first-order valence-electron chi connectivity index (χ1n) is 6.22. The third-order valence-electron chi connectivity index (χ3n) is 2.64. The number of esters is 2. The molecule has 0 radical (unpaired) electrons. The molecule has 1 rings (SSSR count). The largest absolute Gasteiger partial charge is 0.493 e. The van der Waals surface area contributed by atoms with Crippen LogP contribution < -0.4 is 9.47 Å². The van der Waals surface area contributed by atoms with Crippen LogP contribution in [0.4, 0.5) is 0 Å². The van der Waals surface area contributed by atoms with Crippen LogP contribution in [-0.2, 0) is 19.1 Å². The SMILES string of the molecule is COC(=O)C(/C=C/COc1ccccc1OC)C(=O)OC. The molecule has 0 N–H and O–H groups in total. The molecule has 6 nitrogen and oxygen atoms in total. The van der Waals surface area contributed by atoms with Crippen LogP contribution in [0.2, 0.25) is 0 Å². The van der Waals surface area contributed by atoms with Gasteiger partial charge < -0.3 is 18.9 Å². The van der Waals surface area contributed by atoms with E-state index in [-0.39, 0.29) is 6.61 Å². The van der Waals surface area contributed by atoms with Crippen LogP contribution in [0.1, 0.15) is 0 Å². The zero-order valence-corrected chi connectivity index (χ0v) is 12.2. The topological polar surface area (TPSA) is 71.1 Å². The van der Waals surface area contributed by atoms with Crippen LogP contribution in [0.25, 0.3) is 0 Å². The third kappa shape index (κ3) is 4.83. The molecule has 0 heterocycles. The van der Waals surface area contributed by atoms with Gasteiger partial charge in [0.15, 0.2) is 17.4 Å². The molecule has 0 fully saturated rings. The van der Waals surface area contributed by atoms with Gasteiger partial charge in [-0.15, -0.1) is 0 Å². The molecule has 0 saturated heterocycles. The summed E-state index contributed by atoms with van der Waals surface area (Å²) in [5, 5.41) is 0. The molecule has 0 aliphatic heterocycles. The van der Waals surface area contributed by atoms with Crippen molar-refractivity contribution >= 4 is 11.9 Å². The predicted octanol–water partition coefficient (Wildman–Crippen LogP) is 1.59. The second kappa shape index (κ2) is 8.63. The number of hydrogen-bond acceptors (Lipinski definition) is 6. The number of carbonyl (C=O) groups excluding carboxylic acids is 2. The van der Waals surface area contributed by atoms with Gasteiger partial charge in [-0.2, -0.15) is 0 Å². The highest BCUT2D eigenvalue weighted by atomic mass is 16.5. The first kappa shape index (κ1) is 16.6. The maximum atomic E-state index is 11.4. The van der Waals surface area contributed by atoms with Gasteiger partial charge in [-0.25, -0.2) is 0 Å². The van der Waals surface area contributed by atoms with Gasteiger partial charge in [-0.3, -0.25) is 9.59 Å². The van der Waals surface area contributed by atoms with E-state index in [0.29, 0.717) is 11.5 Å². The van der Waals surface area contributed by atoms with Crippen LogP contribution in [0.15, 0.2) is 36.4 Å². The summed E-state index contributed by atoms with van der Waals surface area (Å²) >= 11 is 0. The Balaban J connectivity index is 2.63. The lowest BCUT2D eigenvalue weighted by atomic mass is 10.1. The minimum atomic E-state index is -1.10. The number of ether oxygens (including phenoxy) is 4. The molecule has 0 aromatic heterocycles. The fourth-order valence-corrected chi connectivity index (χ4v) is 1.57. The Hall–Kier alpha value is -2.50. The standard InChI is InChI=1S/C15H18O6/c1-18-12-8-4-5-9-13(12)21-10-6-7-11(14(16)19-2)15(17)20-3/h4-9,11H,10H2,1-3H3/b7-6+. The molecule has 21 heavy (non-hydrogen) atoms. The molecule has 0 aliphatic rings. The molecule has 0 spiro atoms. The summed E-state index contributed by atoms with van der Waals surface area (Å²) < 4.78 is 19.7. The van der Waals surface area contributed by atoms with E-state index in [1.165, 1.54) is 20.3 Å².